The summed E-state index contributed by atoms with van der Waals surface area (Å²) < 4.78 is 5.57. The Morgan fingerprint density at radius 3 is 3.16 bits per heavy atom. The highest BCUT2D eigenvalue weighted by molar-refractivity contribution is 5.83. The van der Waals surface area contributed by atoms with Crippen molar-refractivity contribution in [2.45, 2.75) is 38.3 Å². The number of fused-ring (bicyclic) bond motifs is 1. The van der Waals surface area contributed by atoms with Gasteiger partial charge >= 0.3 is 0 Å². The van der Waals surface area contributed by atoms with Gasteiger partial charge in [0.15, 0.2) is 0 Å². The van der Waals surface area contributed by atoms with E-state index in [1.807, 2.05) is 0 Å². The molecule has 2 atom stereocenters. The molecule has 1 saturated heterocycles. The number of rotatable bonds is 4. The van der Waals surface area contributed by atoms with Gasteiger partial charge in [-0.3, -0.25) is 0 Å². The van der Waals surface area contributed by atoms with E-state index in [4.69, 9.17) is 4.74 Å². The van der Waals surface area contributed by atoms with Crippen LogP contribution in [-0.4, -0.2) is 30.3 Å². The molecule has 3 heteroatoms. The van der Waals surface area contributed by atoms with Crippen LogP contribution in [0.5, 0.6) is 0 Å². The first-order chi connectivity index (χ1) is 9.33. The molecule has 3 rings (SSSR count). The summed E-state index contributed by atoms with van der Waals surface area (Å²) in [5.41, 5.74) is 2.64. The van der Waals surface area contributed by atoms with E-state index in [0.29, 0.717) is 12.1 Å². The van der Waals surface area contributed by atoms with Crippen LogP contribution in [0, 0.1) is 0 Å². The molecule has 0 bridgehead atoms. The van der Waals surface area contributed by atoms with Gasteiger partial charge in [-0.1, -0.05) is 18.2 Å². The standard InChI is InChI=1S/C16H22N2O/c1-12-10-14(7-9-19-12)17-8-6-13-11-18-16-5-3-2-4-15(13)16/h2-5,11-12,14,17-18H,6-10H2,1H3. The summed E-state index contributed by atoms with van der Waals surface area (Å²) in [6.07, 6.45) is 5.89. The van der Waals surface area contributed by atoms with Crippen LogP contribution in [0.4, 0.5) is 0 Å². The van der Waals surface area contributed by atoms with Crippen LogP contribution in [-0.2, 0) is 11.2 Å². The molecule has 1 fully saturated rings. The van der Waals surface area contributed by atoms with Crippen LogP contribution < -0.4 is 5.32 Å². The molecule has 19 heavy (non-hydrogen) atoms. The lowest BCUT2D eigenvalue weighted by Gasteiger charge is -2.28. The Morgan fingerprint density at radius 1 is 1.37 bits per heavy atom. The first kappa shape index (κ1) is 12.7. The molecule has 102 valence electrons. The molecular formula is C16H22N2O. The van der Waals surface area contributed by atoms with Crippen molar-refractivity contribution in [1.82, 2.24) is 10.3 Å². The van der Waals surface area contributed by atoms with Gasteiger partial charge in [0, 0.05) is 29.7 Å². The number of hydrogen-bond acceptors (Lipinski definition) is 2. The Balaban J connectivity index is 1.55. The maximum atomic E-state index is 5.57. The lowest BCUT2D eigenvalue weighted by Crippen LogP contribution is -2.38. The summed E-state index contributed by atoms with van der Waals surface area (Å²) in [4.78, 5) is 3.34. The van der Waals surface area contributed by atoms with E-state index in [0.717, 1.165) is 32.4 Å². The highest BCUT2D eigenvalue weighted by atomic mass is 16.5. The van der Waals surface area contributed by atoms with E-state index in [1.165, 1.54) is 16.5 Å². The number of para-hydroxylation sites is 1. The Kier molecular flexibility index (Phi) is 3.85. The Bertz CT molecular complexity index is 534. The fraction of sp³-hybridized carbons (Fsp3) is 0.500. The first-order valence-corrected chi connectivity index (χ1v) is 7.23. The number of benzene rings is 1. The molecule has 0 aliphatic carbocycles. The maximum absolute atomic E-state index is 5.57. The number of hydrogen-bond donors (Lipinski definition) is 2. The van der Waals surface area contributed by atoms with Crippen LogP contribution in [0.1, 0.15) is 25.3 Å². The third kappa shape index (κ3) is 2.99. The molecule has 1 aromatic heterocycles. The average Bonchev–Trinajstić information content (AvgIpc) is 2.83. The number of nitrogens with one attached hydrogen (secondary N) is 2. The van der Waals surface area contributed by atoms with Crippen LogP contribution >= 0.6 is 0 Å². The summed E-state index contributed by atoms with van der Waals surface area (Å²) in [7, 11) is 0. The molecule has 2 N–H and O–H groups in total. The van der Waals surface area contributed by atoms with E-state index >= 15 is 0 Å². The van der Waals surface area contributed by atoms with Crippen LogP contribution in [0.2, 0.25) is 0 Å². The van der Waals surface area contributed by atoms with Gasteiger partial charge in [-0.15, -0.1) is 0 Å². The molecule has 0 saturated carbocycles. The highest BCUT2D eigenvalue weighted by Gasteiger charge is 2.18. The second-order valence-corrected chi connectivity index (χ2v) is 5.47. The molecule has 2 heterocycles. The van der Waals surface area contributed by atoms with E-state index in [1.54, 1.807) is 0 Å². The second kappa shape index (κ2) is 5.76. The lowest BCUT2D eigenvalue weighted by atomic mass is 10.0. The average molecular weight is 258 g/mol. The summed E-state index contributed by atoms with van der Waals surface area (Å²) in [6.45, 7) is 4.10. The molecule has 0 radical (unpaired) electrons. The van der Waals surface area contributed by atoms with Crippen molar-refractivity contribution in [2.24, 2.45) is 0 Å². The van der Waals surface area contributed by atoms with Crippen LogP contribution in [0.15, 0.2) is 30.5 Å². The van der Waals surface area contributed by atoms with Crippen LogP contribution in [0.25, 0.3) is 10.9 Å². The van der Waals surface area contributed by atoms with Gasteiger partial charge in [-0.25, -0.2) is 0 Å². The summed E-state index contributed by atoms with van der Waals surface area (Å²) in [6, 6.07) is 9.12. The van der Waals surface area contributed by atoms with Gasteiger partial charge in [0.05, 0.1) is 6.10 Å². The van der Waals surface area contributed by atoms with Crippen molar-refractivity contribution in [3.8, 4) is 0 Å². The molecule has 1 aromatic carbocycles. The van der Waals surface area contributed by atoms with Crippen molar-refractivity contribution in [3.05, 3.63) is 36.0 Å². The molecule has 1 aliphatic rings. The fourth-order valence-electron chi connectivity index (χ4n) is 2.93. The van der Waals surface area contributed by atoms with Gasteiger partial charge in [0.25, 0.3) is 0 Å². The maximum Gasteiger partial charge on any atom is 0.0561 e. The molecule has 2 unspecified atom stereocenters. The zero-order valence-electron chi connectivity index (χ0n) is 11.5. The Morgan fingerprint density at radius 2 is 2.26 bits per heavy atom. The minimum Gasteiger partial charge on any atom is -0.378 e. The number of H-pyrrole nitrogens is 1. The quantitative estimate of drug-likeness (QED) is 0.885. The third-order valence-electron chi connectivity index (χ3n) is 3.99. The highest BCUT2D eigenvalue weighted by Crippen LogP contribution is 2.18. The molecule has 2 aromatic rings. The Labute approximate surface area is 114 Å². The SMILES string of the molecule is CC1CC(NCCc2c[nH]c3ccccc23)CCO1. The van der Waals surface area contributed by atoms with E-state index in [2.05, 4.69) is 47.7 Å². The molecule has 3 nitrogen and oxygen atoms in total. The lowest BCUT2D eigenvalue weighted by molar-refractivity contribution is 0.0135. The van der Waals surface area contributed by atoms with Gasteiger partial charge in [0.2, 0.25) is 0 Å². The second-order valence-electron chi connectivity index (χ2n) is 5.47. The van der Waals surface area contributed by atoms with E-state index < -0.39 is 0 Å². The van der Waals surface area contributed by atoms with Gasteiger partial charge in [-0.2, -0.15) is 0 Å². The van der Waals surface area contributed by atoms with Crippen molar-refractivity contribution in [3.63, 3.8) is 0 Å². The van der Waals surface area contributed by atoms with E-state index in [9.17, 15) is 0 Å². The molecule has 0 spiro atoms. The summed E-state index contributed by atoms with van der Waals surface area (Å²) >= 11 is 0. The summed E-state index contributed by atoms with van der Waals surface area (Å²) in [5.74, 6) is 0. The smallest absolute Gasteiger partial charge is 0.0561 e. The van der Waals surface area contributed by atoms with Crippen molar-refractivity contribution < 1.29 is 4.74 Å². The predicted molar refractivity (Wildman–Crippen MR) is 78.4 cm³/mol. The predicted octanol–water partition coefficient (Wildman–Crippen LogP) is 2.87. The van der Waals surface area contributed by atoms with Crippen molar-refractivity contribution in [2.75, 3.05) is 13.2 Å². The zero-order valence-corrected chi connectivity index (χ0v) is 11.5. The summed E-state index contributed by atoms with van der Waals surface area (Å²) in [5, 5.41) is 5.01. The first-order valence-electron chi connectivity index (χ1n) is 7.23. The number of aromatic nitrogens is 1. The Hall–Kier alpha value is -1.32. The normalized spacial score (nSPS) is 23.8. The largest absolute Gasteiger partial charge is 0.378 e. The molecule has 0 amide bonds. The fourth-order valence-corrected chi connectivity index (χ4v) is 2.93. The monoisotopic (exact) mass is 258 g/mol. The minimum atomic E-state index is 0.402. The van der Waals surface area contributed by atoms with Gasteiger partial charge < -0.3 is 15.0 Å². The van der Waals surface area contributed by atoms with E-state index in [-0.39, 0.29) is 0 Å². The third-order valence-corrected chi connectivity index (χ3v) is 3.99. The minimum absolute atomic E-state index is 0.402. The van der Waals surface area contributed by atoms with Gasteiger partial charge in [-0.05, 0) is 44.4 Å². The number of ether oxygens (including phenoxy) is 1. The molecular weight excluding hydrogens is 236 g/mol. The molecule has 1 aliphatic heterocycles. The van der Waals surface area contributed by atoms with Crippen LogP contribution in [0.3, 0.4) is 0 Å². The van der Waals surface area contributed by atoms with Crippen molar-refractivity contribution in [1.29, 1.82) is 0 Å². The van der Waals surface area contributed by atoms with Crippen molar-refractivity contribution >= 4 is 10.9 Å². The topological polar surface area (TPSA) is 37.0 Å². The van der Waals surface area contributed by atoms with Gasteiger partial charge in [0.1, 0.15) is 0 Å². The zero-order chi connectivity index (χ0) is 13.1. The number of aromatic amines is 1.